The zero-order valence-electron chi connectivity index (χ0n) is 6.85. The molecule has 0 bridgehead atoms. The first-order valence-electron chi connectivity index (χ1n) is 4.20. The van der Waals surface area contributed by atoms with Gasteiger partial charge in [0.1, 0.15) is 0 Å². The average molecular weight is 102 g/mol. The number of hydrogen-bond donors (Lipinski definition) is 0. The molecule has 0 spiro atoms. The molecular weight excluding hydrogens is 92.9 g/mol. The molecule has 1 rings (SSSR count). The quantitative estimate of drug-likeness (QED) is 0.401. The summed E-state index contributed by atoms with van der Waals surface area (Å²) in [5.74, 6) is 0. The molecule has 9 heavy (non-hydrogen) atoms. The summed E-state index contributed by atoms with van der Waals surface area (Å²) in [6.07, 6.45) is 4.38. The molecule has 0 N–H and O–H groups in total. The summed E-state index contributed by atoms with van der Waals surface area (Å²) in [4.78, 5) is 0. The van der Waals surface area contributed by atoms with Gasteiger partial charge in [0.05, 0.1) is 0 Å². The summed E-state index contributed by atoms with van der Waals surface area (Å²) in [6, 6.07) is 0. The maximum atomic E-state index is 2.39. The van der Waals surface area contributed by atoms with E-state index in [1.165, 1.54) is 19.3 Å². The van der Waals surface area contributed by atoms with E-state index >= 15 is 0 Å². The summed E-state index contributed by atoms with van der Waals surface area (Å²) in [5, 5.41) is 0. The fourth-order valence-corrected chi connectivity index (χ4v) is 1.82. The standard InChI is InChI=1S/C6H9.3Li/c1-2-4-6-5-3-1;;;/h1-2,5H,3-4,6H2;;;. The van der Waals surface area contributed by atoms with Crippen LogP contribution in [0.4, 0.5) is 0 Å². The van der Waals surface area contributed by atoms with E-state index in [1.54, 1.807) is 0 Å². The molecule has 0 aromatic heterocycles. The van der Waals surface area contributed by atoms with Gasteiger partial charge in [0.25, 0.3) is 0 Å². The van der Waals surface area contributed by atoms with E-state index in [2.05, 4.69) is 53.1 Å². The molecule has 0 amide bonds. The molecule has 0 heterocycles. The fraction of sp³-hybridized carbons (Fsp3) is 1.00. The molecule has 3 unspecified atom stereocenters. The Kier molecular flexibility index (Phi) is 3.93. The molecule has 1 aliphatic rings. The van der Waals surface area contributed by atoms with Gasteiger partial charge in [0.2, 0.25) is 0 Å². The van der Waals surface area contributed by atoms with Crippen LogP contribution in [0.3, 0.4) is 0 Å². The summed E-state index contributed by atoms with van der Waals surface area (Å²) in [6.45, 7) is 0. The molecule has 1 aliphatic carbocycles. The monoisotopic (exact) mass is 102 g/mol. The van der Waals surface area contributed by atoms with Gasteiger partial charge >= 0.3 is 86.2 Å². The average Bonchev–Trinajstić information content (AvgIpc) is 1.80. The molecule has 1 fully saturated rings. The van der Waals surface area contributed by atoms with Crippen LogP contribution in [0.2, 0.25) is 13.8 Å². The zero-order valence-corrected chi connectivity index (χ0v) is 6.85. The molecule has 3 atom stereocenters. The second-order valence-electron chi connectivity index (χ2n) is 3.87. The van der Waals surface area contributed by atoms with Crippen molar-refractivity contribution in [1.82, 2.24) is 0 Å². The van der Waals surface area contributed by atoms with Gasteiger partial charge in [-0.25, -0.2) is 0 Å². The maximum absolute atomic E-state index is 2.39. The van der Waals surface area contributed by atoms with Gasteiger partial charge in [-0.2, -0.15) is 0 Å². The Morgan fingerprint density at radius 2 is 1.56 bits per heavy atom. The summed E-state index contributed by atoms with van der Waals surface area (Å²) >= 11 is 7.15. The van der Waals surface area contributed by atoms with Gasteiger partial charge in [0.15, 0.2) is 0 Å². The van der Waals surface area contributed by atoms with E-state index in [4.69, 9.17) is 0 Å². The molecular formula is C6H9Li3. The molecule has 1 saturated carbocycles. The molecule has 0 radical (unpaired) electrons. The third-order valence-electron chi connectivity index (χ3n) is 2.86. The Labute approximate surface area is 85.5 Å². The second-order valence-corrected chi connectivity index (χ2v) is 3.87. The molecule has 0 nitrogen and oxygen atoms in total. The van der Waals surface area contributed by atoms with E-state index in [9.17, 15) is 0 Å². The Morgan fingerprint density at radius 1 is 0.889 bits per heavy atom. The zero-order chi connectivity index (χ0) is 6.85. The van der Waals surface area contributed by atoms with E-state index < -0.39 is 0 Å². The van der Waals surface area contributed by atoms with Gasteiger partial charge in [-0.1, -0.05) is 0 Å². The van der Waals surface area contributed by atoms with Crippen molar-refractivity contribution in [2.45, 2.75) is 33.0 Å². The molecule has 0 aliphatic heterocycles. The predicted molar refractivity (Wildman–Crippen MR) is 42.4 cm³/mol. The molecule has 0 saturated heterocycles. The van der Waals surface area contributed by atoms with Crippen LogP contribution in [-0.2, 0) is 0 Å². The first-order chi connectivity index (χ1) is 4.20. The van der Waals surface area contributed by atoms with E-state index in [-0.39, 0.29) is 0 Å². The predicted octanol–water partition coefficient (Wildman–Crippen LogP) is 1.04. The first kappa shape index (κ1) is 8.88. The van der Waals surface area contributed by atoms with Crippen LogP contribution in [0.25, 0.3) is 0 Å². The van der Waals surface area contributed by atoms with Gasteiger partial charge in [-0.05, 0) is 0 Å². The van der Waals surface area contributed by atoms with Gasteiger partial charge in [0, 0.05) is 0 Å². The SMILES string of the molecule is [Li][CH]1CC[CH]([Li])[CH]([Li])C1. The molecule has 0 aromatic carbocycles. The summed E-state index contributed by atoms with van der Waals surface area (Å²) in [7, 11) is 0. The van der Waals surface area contributed by atoms with Gasteiger partial charge in [-0.3, -0.25) is 0 Å². The topological polar surface area (TPSA) is 0 Å². The van der Waals surface area contributed by atoms with Crippen LogP contribution in [-0.4, -0.2) is 53.1 Å². The van der Waals surface area contributed by atoms with Crippen molar-refractivity contribution in [1.29, 1.82) is 0 Å². The summed E-state index contributed by atoms with van der Waals surface area (Å²) < 4.78 is 2.96. The number of rotatable bonds is 0. The third kappa shape index (κ3) is 2.72. The minimum atomic E-state index is 0.980. The number of hydrogen-bond acceptors (Lipinski definition) is 0. The van der Waals surface area contributed by atoms with Crippen LogP contribution in [0, 0.1) is 0 Å². The molecule has 0 aromatic rings. The van der Waals surface area contributed by atoms with Crippen LogP contribution in [0.1, 0.15) is 19.3 Å². The van der Waals surface area contributed by atoms with Crippen molar-refractivity contribution in [3.05, 3.63) is 0 Å². The van der Waals surface area contributed by atoms with Crippen LogP contribution >= 0.6 is 0 Å². The minimum absolute atomic E-state index is 0.980. The Hall–Kier alpha value is 1.79. The van der Waals surface area contributed by atoms with Crippen molar-refractivity contribution in [2.75, 3.05) is 0 Å². The van der Waals surface area contributed by atoms with Crippen molar-refractivity contribution >= 4 is 53.1 Å². The Bertz CT molecular complexity index is 94.3. The van der Waals surface area contributed by atoms with Crippen molar-refractivity contribution in [3.8, 4) is 0 Å². The van der Waals surface area contributed by atoms with Crippen LogP contribution in [0.15, 0.2) is 0 Å². The Morgan fingerprint density at radius 3 is 2.00 bits per heavy atom. The van der Waals surface area contributed by atoms with Crippen molar-refractivity contribution in [3.63, 3.8) is 0 Å². The van der Waals surface area contributed by atoms with Crippen molar-refractivity contribution in [2.24, 2.45) is 0 Å². The Balaban J connectivity index is 2.35. The van der Waals surface area contributed by atoms with Gasteiger partial charge < -0.3 is 0 Å². The van der Waals surface area contributed by atoms with E-state index in [0.717, 1.165) is 13.8 Å². The first-order valence-corrected chi connectivity index (χ1v) is 4.20. The van der Waals surface area contributed by atoms with Crippen LogP contribution in [0.5, 0.6) is 0 Å². The normalized spacial score (nSPS) is 45.3. The third-order valence-corrected chi connectivity index (χ3v) is 2.86. The fourth-order valence-electron chi connectivity index (χ4n) is 1.82. The van der Waals surface area contributed by atoms with Gasteiger partial charge in [-0.15, -0.1) is 0 Å². The molecule has 36 valence electrons. The van der Waals surface area contributed by atoms with Crippen LogP contribution < -0.4 is 0 Å². The van der Waals surface area contributed by atoms with E-state index in [1.807, 2.05) is 0 Å². The summed E-state index contributed by atoms with van der Waals surface area (Å²) in [5.41, 5.74) is 0. The molecule has 3 heteroatoms. The van der Waals surface area contributed by atoms with Crippen molar-refractivity contribution < 1.29 is 0 Å². The second kappa shape index (κ2) is 3.98. The van der Waals surface area contributed by atoms with E-state index in [0.29, 0.717) is 0 Å².